The highest BCUT2D eigenvalue weighted by atomic mass is 15.1. The van der Waals surface area contributed by atoms with Crippen molar-refractivity contribution in [1.29, 1.82) is 0 Å². The summed E-state index contributed by atoms with van der Waals surface area (Å²) in [6.07, 6.45) is 0. The third-order valence-corrected chi connectivity index (χ3v) is 14.2. The van der Waals surface area contributed by atoms with Crippen molar-refractivity contribution in [2.75, 3.05) is 4.90 Å². The minimum atomic E-state index is 1.08. The van der Waals surface area contributed by atoms with E-state index in [0.717, 1.165) is 33.9 Å². The first kappa shape index (κ1) is 42.6. The zero-order valence-corrected chi connectivity index (χ0v) is 39.6. The van der Waals surface area contributed by atoms with Crippen molar-refractivity contribution >= 4 is 49.6 Å². The Morgan fingerprint density at radius 1 is 0.236 bits per heavy atom. The summed E-state index contributed by atoms with van der Waals surface area (Å²) in [6, 6.07) is 106. The topological polar surface area (TPSA) is 8.17 Å². The molecule has 0 amide bonds. The molecule has 12 aromatic carbocycles. The fourth-order valence-electron chi connectivity index (χ4n) is 10.6. The highest BCUT2D eigenvalue weighted by Crippen LogP contribution is 2.45. The molecule has 0 aliphatic rings. The summed E-state index contributed by atoms with van der Waals surface area (Å²) in [5.41, 5.74) is 21.0. The van der Waals surface area contributed by atoms with Crippen LogP contribution < -0.4 is 4.90 Å². The van der Waals surface area contributed by atoms with Gasteiger partial charge in [-0.1, -0.05) is 224 Å². The smallest absolute Gasteiger partial charge is 0.0541 e. The molecule has 2 nitrogen and oxygen atoms in total. The van der Waals surface area contributed by atoms with Gasteiger partial charge in [-0.05, 0) is 139 Å². The van der Waals surface area contributed by atoms with E-state index in [1.54, 1.807) is 0 Å². The molecule has 2 heteroatoms. The molecule has 13 aromatic rings. The van der Waals surface area contributed by atoms with Gasteiger partial charge in [0, 0.05) is 33.4 Å². The van der Waals surface area contributed by atoms with E-state index in [-0.39, 0.29) is 0 Å². The van der Waals surface area contributed by atoms with E-state index < -0.39 is 0 Å². The highest BCUT2D eigenvalue weighted by Gasteiger charge is 2.20. The molecule has 0 saturated heterocycles. The molecule has 0 aliphatic heterocycles. The van der Waals surface area contributed by atoms with Crippen molar-refractivity contribution in [2.24, 2.45) is 0 Å². The zero-order chi connectivity index (χ0) is 47.8. The van der Waals surface area contributed by atoms with Gasteiger partial charge in [-0.2, -0.15) is 0 Å². The van der Waals surface area contributed by atoms with Gasteiger partial charge in [0.15, 0.2) is 0 Å². The minimum Gasteiger partial charge on any atom is -0.310 e. The maximum Gasteiger partial charge on any atom is 0.0541 e. The molecule has 0 radical (unpaired) electrons. The van der Waals surface area contributed by atoms with Gasteiger partial charge in [-0.25, -0.2) is 0 Å². The second-order valence-electron chi connectivity index (χ2n) is 18.5. The second kappa shape index (κ2) is 18.4. The lowest BCUT2D eigenvalue weighted by Gasteiger charge is -2.29. The first-order valence-corrected chi connectivity index (χ1v) is 24.7. The number of nitrogens with zero attached hydrogens (tertiary/aromatic N) is 2. The predicted molar refractivity (Wildman–Crippen MR) is 306 cm³/mol. The first-order chi connectivity index (χ1) is 35.7. The third kappa shape index (κ3) is 7.92. The van der Waals surface area contributed by atoms with Gasteiger partial charge >= 0.3 is 0 Å². The fourth-order valence-corrected chi connectivity index (χ4v) is 10.6. The van der Waals surface area contributed by atoms with Crippen molar-refractivity contribution in [3.63, 3.8) is 0 Å². The molecule has 0 atom stereocenters. The Hall–Kier alpha value is -9.50. The normalized spacial score (nSPS) is 11.3. The Kier molecular flexibility index (Phi) is 10.9. The van der Waals surface area contributed by atoms with Gasteiger partial charge in [0.05, 0.1) is 16.7 Å². The Balaban J connectivity index is 0.849. The number of hydrogen-bond acceptors (Lipinski definition) is 1. The molecular weight excluding hydrogens is 869 g/mol. The van der Waals surface area contributed by atoms with E-state index in [0.29, 0.717) is 0 Å². The maximum atomic E-state index is 2.41. The maximum absolute atomic E-state index is 2.41. The van der Waals surface area contributed by atoms with Crippen LogP contribution in [0.25, 0.3) is 105 Å². The average molecular weight is 917 g/mol. The molecule has 0 spiro atoms. The number of anilines is 3. The van der Waals surface area contributed by atoms with E-state index in [1.165, 1.54) is 88.2 Å². The van der Waals surface area contributed by atoms with Crippen molar-refractivity contribution in [3.05, 3.63) is 291 Å². The molecule has 1 aromatic heterocycles. The summed E-state index contributed by atoms with van der Waals surface area (Å²) >= 11 is 0. The van der Waals surface area contributed by atoms with Gasteiger partial charge in [0.2, 0.25) is 0 Å². The molecule has 338 valence electrons. The van der Waals surface area contributed by atoms with Crippen LogP contribution >= 0.6 is 0 Å². The molecule has 0 bridgehead atoms. The molecule has 72 heavy (non-hydrogen) atoms. The lowest BCUT2D eigenvalue weighted by atomic mass is 9.93. The number of fused-ring (bicyclic) bond motifs is 4. The molecule has 0 unspecified atom stereocenters. The average Bonchev–Trinajstić information content (AvgIpc) is 3.80. The van der Waals surface area contributed by atoms with Gasteiger partial charge in [0.25, 0.3) is 0 Å². The highest BCUT2D eigenvalue weighted by molar-refractivity contribution is 6.09. The van der Waals surface area contributed by atoms with Crippen molar-refractivity contribution < 1.29 is 0 Å². The summed E-state index contributed by atoms with van der Waals surface area (Å²) in [5, 5.41) is 5.03. The molecular formula is C70H48N2. The summed E-state index contributed by atoms with van der Waals surface area (Å²) in [7, 11) is 0. The van der Waals surface area contributed by atoms with Gasteiger partial charge in [0.1, 0.15) is 0 Å². The predicted octanol–water partition coefficient (Wildman–Crippen LogP) is 19.4. The SMILES string of the molecule is c1ccc(-c2ccccc2-c2ccccc2N(c2ccc(-c3ccc(-c4cccc(-n5c6ccccc6c6ccccc65)c4)cc3)cc2)c2ccc(-c3cccc(-c4ccc5ccccc5c4)c3)cc2)cc1. The Labute approximate surface area is 420 Å². The van der Waals surface area contributed by atoms with E-state index in [1.807, 2.05) is 0 Å². The third-order valence-electron chi connectivity index (χ3n) is 14.2. The van der Waals surface area contributed by atoms with E-state index in [4.69, 9.17) is 0 Å². The quantitative estimate of drug-likeness (QED) is 0.133. The van der Waals surface area contributed by atoms with Gasteiger partial charge < -0.3 is 9.47 Å². The summed E-state index contributed by atoms with van der Waals surface area (Å²) < 4.78 is 2.38. The summed E-state index contributed by atoms with van der Waals surface area (Å²) in [6.45, 7) is 0. The lowest BCUT2D eigenvalue weighted by molar-refractivity contribution is 1.18. The van der Waals surface area contributed by atoms with E-state index >= 15 is 0 Å². The number of benzene rings is 12. The largest absolute Gasteiger partial charge is 0.310 e. The first-order valence-electron chi connectivity index (χ1n) is 24.7. The van der Waals surface area contributed by atoms with Crippen LogP contribution in [0.5, 0.6) is 0 Å². The Bertz CT molecular complexity index is 4020. The zero-order valence-electron chi connectivity index (χ0n) is 39.6. The number of rotatable bonds is 10. The van der Waals surface area contributed by atoms with Crippen molar-refractivity contribution in [3.8, 4) is 72.4 Å². The van der Waals surface area contributed by atoms with Crippen LogP contribution in [-0.4, -0.2) is 4.57 Å². The van der Waals surface area contributed by atoms with Crippen LogP contribution in [0.15, 0.2) is 291 Å². The number of aromatic nitrogens is 1. The van der Waals surface area contributed by atoms with Crippen LogP contribution in [0.3, 0.4) is 0 Å². The standard InChI is InChI=1S/C70H48N2/c1-2-17-54(18-3-1)63-24-6-7-25-64(63)65-26-8-11-29-68(65)71(61-44-40-53(41-45-61)56-20-14-21-57(46-56)59-37-36-49-16-4-5-19-55(49)47-59)60-42-38-51(39-43-60)50-32-34-52(35-33-50)58-22-15-23-62(48-58)72-69-30-12-9-27-66(69)67-28-10-13-31-70(67)72/h1-48H. The molecule has 13 rings (SSSR count). The minimum absolute atomic E-state index is 1.08. The monoisotopic (exact) mass is 916 g/mol. The van der Waals surface area contributed by atoms with Crippen LogP contribution in [0, 0.1) is 0 Å². The van der Waals surface area contributed by atoms with Crippen LogP contribution in [-0.2, 0) is 0 Å². The Morgan fingerprint density at radius 2 is 0.667 bits per heavy atom. The summed E-state index contributed by atoms with van der Waals surface area (Å²) in [5.74, 6) is 0. The molecule has 0 aliphatic carbocycles. The number of para-hydroxylation sites is 3. The van der Waals surface area contributed by atoms with Crippen LogP contribution in [0.1, 0.15) is 0 Å². The Morgan fingerprint density at radius 3 is 1.32 bits per heavy atom. The molecule has 0 saturated carbocycles. The lowest BCUT2D eigenvalue weighted by Crippen LogP contribution is -2.11. The van der Waals surface area contributed by atoms with Gasteiger partial charge in [-0.3, -0.25) is 0 Å². The van der Waals surface area contributed by atoms with Crippen molar-refractivity contribution in [2.45, 2.75) is 0 Å². The second-order valence-corrected chi connectivity index (χ2v) is 18.5. The van der Waals surface area contributed by atoms with Crippen LogP contribution in [0.2, 0.25) is 0 Å². The van der Waals surface area contributed by atoms with Crippen LogP contribution in [0.4, 0.5) is 17.1 Å². The molecule has 0 fully saturated rings. The molecule has 0 N–H and O–H groups in total. The summed E-state index contributed by atoms with van der Waals surface area (Å²) in [4.78, 5) is 2.41. The van der Waals surface area contributed by atoms with E-state index in [2.05, 4.69) is 301 Å². The molecule has 1 heterocycles. The van der Waals surface area contributed by atoms with Crippen molar-refractivity contribution in [1.82, 2.24) is 4.57 Å². The number of hydrogen-bond donors (Lipinski definition) is 0. The fraction of sp³-hybridized carbons (Fsp3) is 0. The van der Waals surface area contributed by atoms with Gasteiger partial charge in [-0.15, -0.1) is 0 Å². The van der Waals surface area contributed by atoms with E-state index in [9.17, 15) is 0 Å².